The number of nitro groups is 1. The molecule has 0 spiro atoms. The molecule has 0 saturated heterocycles. The van der Waals surface area contributed by atoms with Gasteiger partial charge in [-0.25, -0.2) is 0 Å². The third kappa shape index (κ3) is 4.07. The molecule has 1 aliphatic rings. The molecule has 0 saturated carbocycles. The number of rotatable bonds is 7. The summed E-state index contributed by atoms with van der Waals surface area (Å²) in [6, 6.07) is 11.3. The Bertz CT molecular complexity index is 889. The summed E-state index contributed by atoms with van der Waals surface area (Å²) in [6.07, 6.45) is -0.983. The number of methoxy groups -OCH3 is 1. The number of pyridine rings is 1. The van der Waals surface area contributed by atoms with Crippen LogP contribution in [0.5, 0.6) is 5.75 Å². The molecule has 1 aromatic heterocycles. The van der Waals surface area contributed by atoms with Crippen molar-refractivity contribution in [1.82, 2.24) is 10.3 Å². The minimum atomic E-state index is -0.983. The molecule has 2 aromatic rings. The van der Waals surface area contributed by atoms with E-state index in [-0.39, 0.29) is 24.7 Å². The molecule has 3 rings (SSSR count). The molecule has 2 heterocycles. The molecule has 0 radical (unpaired) electrons. The predicted molar refractivity (Wildman–Crippen MR) is 97.9 cm³/mol. The molecule has 1 atom stereocenters. The lowest BCUT2D eigenvalue weighted by Gasteiger charge is -2.30. The summed E-state index contributed by atoms with van der Waals surface area (Å²) in [5.74, 6) is -1.30. The number of amides is 2. The van der Waals surface area contributed by atoms with E-state index in [1.807, 2.05) is 0 Å². The van der Waals surface area contributed by atoms with Crippen molar-refractivity contribution in [1.29, 1.82) is 0 Å². The molecule has 2 amide bonds. The van der Waals surface area contributed by atoms with E-state index in [9.17, 15) is 19.7 Å². The van der Waals surface area contributed by atoms with Gasteiger partial charge in [-0.3, -0.25) is 14.5 Å². The quantitative estimate of drug-likeness (QED) is 0.431. The van der Waals surface area contributed by atoms with Crippen LogP contribution < -0.4 is 15.0 Å². The molecule has 10 nitrogen and oxygen atoms in total. The second kappa shape index (κ2) is 8.44. The van der Waals surface area contributed by atoms with E-state index < -0.39 is 28.7 Å². The van der Waals surface area contributed by atoms with Gasteiger partial charge in [0.2, 0.25) is 12.0 Å². The zero-order chi connectivity index (χ0) is 20.1. The van der Waals surface area contributed by atoms with Crippen LogP contribution in [-0.2, 0) is 14.3 Å². The first kappa shape index (κ1) is 19.2. The number of hydrogen-bond acceptors (Lipinski definition) is 7. The molecule has 0 bridgehead atoms. The Morgan fingerprint density at radius 3 is 2.75 bits per heavy atom. The summed E-state index contributed by atoms with van der Waals surface area (Å²) >= 11 is 0. The van der Waals surface area contributed by atoms with Gasteiger partial charge in [0, 0.05) is 25.3 Å². The molecule has 10 heteroatoms. The number of carbonyl (C=O) groups is 2. The molecule has 0 fully saturated rings. The molecule has 146 valence electrons. The zero-order valence-electron chi connectivity index (χ0n) is 15.0. The largest absolute Gasteiger partial charge is 0.469 e. The maximum absolute atomic E-state index is 13.0. The first-order chi connectivity index (χ1) is 13.5. The highest BCUT2D eigenvalue weighted by Crippen LogP contribution is 2.38. The summed E-state index contributed by atoms with van der Waals surface area (Å²) in [5, 5.41) is 13.7. The monoisotopic (exact) mass is 386 g/mol. The van der Waals surface area contributed by atoms with Crippen molar-refractivity contribution in [3.63, 3.8) is 0 Å². The molecular weight excluding hydrogens is 368 g/mol. The number of carbonyl (C=O) groups excluding carboxylic acids is 2. The van der Waals surface area contributed by atoms with Crippen molar-refractivity contribution >= 4 is 23.5 Å². The standard InChI is InChI=1S/C18H18N4O6/c1-27-10-9-19-15(23)11-21-17-13(7-8-14(20-17)22(25)26)28-16(18(21)24)12-5-3-2-4-6-12/h2-8,16H,9-11H2,1H3,(H,19,23). The van der Waals surface area contributed by atoms with Crippen molar-refractivity contribution < 1.29 is 24.0 Å². The average Bonchev–Trinajstić information content (AvgIpc) is 2.70. The second-order valence-electron chi connectivity index (χ2n) is 5.92. The fourth-order valence-electron chi connectivity index (χ4n) is 2.72. The van der Waals surface area contributed by atoms with Gasteiger partial charge in [0.15, 0.2) is 5.75 Å². The van der Waals surface area contributed by atoms with E-state index >= 15 is 0 Å². The van der Waals surface area contributed by atoms with Crippen LogP contribution in [-0.4, -0.2) is 48.5 Å². The van der Waals surface area contributed by atoms with E-state index in [2.05, 4.69) is 10.3 Å². The maximum atomic E-state index is 13.0. The summed E-state index contributed by atoms with van der Waals surface area (Å²) in [6.45, 7) is 0.233. The number of fused-ring (bicyclic) bond motifs is 1. The van der Waals surface area contributed by atoms with Gasteiger partial charge in [0.25, 0.3) is 11.7 Å². The number of nitrogens with one attached hydrogen (secondary N) is 1. The van der Waals surface area contributed by atoms with Crippen LogP contribution in [0.15, 0.2) is 42.5 Å². The number of ether oxygens (including phenoxy) is 2. The fourth-order valence-corrected chi connectivity index (χ4v) is 2.72. The van der Waals surface area contributed by atoms with Crippen LogP contribution in [0.4, 0.5) is 11.6 Å². The van der Waals surface area contributed by atoms with Gasteiger partial charge in [0.05, 0.1) is 6.61 Å². The van der Waals surface area contributed by atoms with Gasteiger partial charge in [0.1, 0.15) is 6.54 Å². The lowest BCUT2D eigenvalue weighted by Crippen LogP contribution is -2.47. The van der Waals surface area contributed by atoms with Crippen molar-refractivity contribution in [3.05, 3.63) is 58.1 Å². The number of aromatic nitrogens is 1. The third-order valence-electron chi connectivity index (χ3n) is 4.03. The molecular formula is C18H18N4O6. The van der Waals surface area contributed by atoms with Gasteiger partial charge in [-0.2, -0.15) is 0 Å². The Kier molecular flexibility index (Phi) is 5.80. The highest BCUT2D eigenvalue weighted by Gasteiger charge is 2.40. The normalized spacial score (nSPS) is 15.5. The van der Waals surface area contributed by atoms with Gasteiger partial charge in [-0.05, 0) is 16.0 Å². The van der Waals surface area contributed by atoms with Crippen molar-refractivity contribution in [3.8, 4) is 5.75 Å². The minimum absolute atomic E-state index is 0.0618. The number of nitrogens with zero attached hydrogens (tertiary/aromatic N) is 3. The number of anilines is 1. The maximum Gasteiger partial charge on any atom is 0.366 e. The molecule has 1 aliphatic heterocycles. The fraction of sp³-hybridized carbons (Fsp3) is 0.278. The summed E-state index contributed by atoms with van der Waals surface area (Å²) in [7, 11) is 1.50. The van der Waals surface area contributed by atoms with E-state index in [1.54, 1.807) is 30.3 Å². The second-order valence-corrected chi connectivity index (χ2v) is 5.92. The van der Waals surface area contributed by atoms with E-state index in [1.165, 1.54) is 19.2 Å². The van der Waals surface area contributed by atoms with Crippen LogP contribution in [0, 0.1) is 10.1 Å². The van der Waals surface area contributed by atoms with Crippen LogP contribution >= 0.6 is 0 Å². The Balaban J connectivity index is 1.94. The smallest absolute Gasteiger partial charge is 0.366 e. The topological polar surface area (TPSA) is 124 Å². The van der Waals surface area contributed by atoms with Crippen molar-refractivity contribution in [2.45, 2.75) is 6.10 Å². The van der Waals surface area contributed by atoms with Crippen molar-refractivity contribution in [2.75, 3.05) is 31.7 Å². The average molecular weight is 386 g/mol. The Hall–Kier alpha value is -3.53. The van der Waals surface area contributed by atoms with Gasteiger partial charge in [-0.15, -0.1) is 0 Å². The molecule has 1 N–H and O–H groups in total. The first-order valence-electron chi connectivity index (χ1n) is 8.45. The molecule has 1 unspecified atom stereocenters. The van der Waals surface area contributed by atoms with E-state index in [0.29, 0.717) is 12.2 Å². The summed E-state index contributed by atoms with van der Waals surface area (Å²) in [5.41, 5.74) is 0.598. The van der Waals surface area contributed by atoms with E-state index in [0.717, 1.165) is 4.90 Å². The number of benzene rings is 1. The van der Waals surface area contributed by atoms with Gasteiger partial charge >= 0.3 is 5.82 Å². The number of hydrogen-bond donors (Lipinski definition) is 1. The van der Waals surface area contributed by atoms with Crippen LogP contribution in [0.2, 0.25) is 0 Å². The van der Waals surface area contributed by atoms with E-state index in [4.69, 9.17) is 9.47 Å². The SMILES string of the molecule is COCCNC(=O)CN1C(=O)C(c2ccccc2)Oc2ccc([N+](=O)[O-])nc21. The predicted octanol–water partition coefficient (Wildman–Crippen LogP) is 1.22. The summed E-state index contributed by atoms with van der Waals surface area (Å²) < 4.78 is 10.6. The van der Waals surface area contributed by atoms with Crippen LogP contribution in [0.1, 0.15) is 11.7 Å². The Morgan fingerprint density at radius 2 is 2.07 bits per heavy atom. The first-order valence-corrected chi connectivity index (χ1v) is 8.45. The summed E-state index contributed by atoms with van der Waals surface area (Å²) in [4.78, 5) is 40.7. The van der Waals surface area contributed by atoms with Gasteiger partial charge < -0.3 is 24.9 Å². The van der Waals surface area contributed by atoms with Crippen LogP contribution in [0.25, 0.3) is 0 Å². The van der Waals surface area contributed by atoms with Crippen molar-refractivity contribution in [2.24, 2.45) is 0 Å². The highest BCUT2D eigenvalue weighted by atomic mass is 16.6. The Labute approximate surface area is 160 Å². The van der Waals surface area contributed by atoms with Crippen LogP contribution in [0.3, 0.4) is 0 Å². The zero-order valence-corrected chi connectivity index (χ0v) is 15.0. The molecule has 0 aliphatic carbocycles. The lowest BCUT2D eigenvalue weighted by molar-refractivity contribution is -0.389. The molecule has 28 heavy (non-hydrogen) atoms. The Morgan fingerprint density at radius 1 is 1.32 bits per heavy atom. The van der Waals surface area contributed by atoms with Gasteiger partial charge in [-0.1, -0.05) is 30.3 Å². The molecule has 1 aromatic carbocycles. The third-order valence-corrected chi connectivity index (χ3v) is 4.03. The highest BCUT2D eigenvalue weighted by molar-refractivity contribution is 6.03. The minimum Gasteiger partial charge on any atom is -0.469 e. The lowest BCUT2D eigenvalue weighted by atomic mass is 10.1.